The smallest absolute Gasteiger partial charge is 0.744 e. The summed E-state index contributed by atoms with van der Waals surface area (Å²) < 4.78 is 66.5. The van der Waals surface area contributed by atoms with Gasteiger partial charge in [0.2, 0.25) is 0 Å². The van der Waals surface area contributed by atoms with Gasteiger partial charge in [-0.15, -0.1) is 0 Å². The van der Waals surface area contributed by atoms with E-state index in [4.69, 9.17) is 0 Å². The molecule has 0 aliphatic carbocycles. The molecular formula is C24H22CaO6S2. The summed E-state index contributed by atoms with van der Waals surface area (Å²) in [4.78, 5) is -0.277. The van der Waals surface area contributed by atoms with Crippen molar-refractivity contribution in [1.29, 1.82) is 0 Å². The molecule has 0 aromatic heterocycles. The summed E-state index contributed by atoms with van der Waals surface area (Å²) in [6, 6.07) is 20.3. The van der Waals surface area contributed by atoms with Crippen molar-refractivity contribution in [3.63, 3.8) is 0 Å². The molecule has 0 atom stereocenters. The summed E-state index contributed by atoms with van der Waals surface area (Å²) in [6.07, 6.45) is 1.61. The van der Waals surface area contributed by atoms with Crippen LogP contribution in [0.25, 0.3) is 21.5 Å². The molecule has 0 spiro atoms. The minimum absolute atomic E-state index is 0. The van der Waals surface area contributed by atoms with E-state index in [2.05, 4.69) is 0 Å². The zero-order valence-corrected chi connectivity index (χ0v) is 22.2. The van der Waals surface area contributed by atoms with Gasteiger partial charge in [-0.05, 0) is 57.6 Å². The van der Waals surface area contributed by atoms with Gasteiger partial charge in [0.15, 0.2) is 0 Å². The minimum atomic E-state index is -4.40. The predicted octanol–water partition coefficient (Wildman–Crippen LogP) is 4.23. The Morgan fingerprint density at radius 2 is 0.848 bits per heavy atom. The summed E-state index contributed by atoms with van der Waals surface area (Å²) in [5.74, 6) is 0. The van der Waals surface area contributed by atoms with Gasteiger partial charge in [-0.25, -0.2) is 16.8 Å². The van der Waals surface area contributed by atoms with Gasteiger partial charge in [0.25, 0.3) is 0 Å². The fourth-order valence-corrected chi connectivity index (χ4v) is 5.08. The van der Waals surface area contributed by atoms with Crippen molar-refractivity contribution >= 4 is 79.5 Å². The van der Waals surface area contributed by atoms with Gasteiger partial charge in [0.05, 0.1) is 9.79 Å². The van der Waals surface area contributed by atoms with E-state index in [0.29, 0.717) is 10.8 Å². The van der Waals surface area contributed by atoms with Gasteiger partial charge in [-0.1, -0.05) is 74.5 Å². The topological polar surface area (TPSA) is 114 Å². The first-order chi connectivity index (χ1) is 15.1. The Balaban J connectivity index is 0.000000227. The number of aryl methyl sites for hydroxylation is 2. The van der Waals surface area contributed by atoms with E-state index in [-0.39, 0.29) is 47.5 Å². The molecule has 0 amide bonds. The SMILES string of the molecule is CCc1ccc(S(=O)(=O)[O-])c2ccccc12.CCc1ccc(S(=O)(=O)[O-])c2ccccc12.[Ca+2]. The monoisotopic (exact) mass is 510 g/mol. The number of hydrogen-bond donors (Lipinski definition) is 0. The van der Waals surface area contributed by atoms with E-state index < -0.39 is 20.2 Å². The maximum atomic E-state index is 11.1. The van der Waals surface area contributed by atoms with E-state index >= 15 is 0 Å². The molecule has 0 fully saturated rings. The predicted molar refractivity (Wildman–Crippen MR) is 128 cm³/mol. The van der Waals surface area contributed by atoms with Gasteiger partial charge in [-0.2, -0.15) is 0 Å². The third-order valence-corrected chi connectivity index (χ3v) is 7.04. The second kappa shape index (κ2) is 11.3. The third kappa shape index (κ3) is 6.33. The van der Waals surface area contributed by atoms with Crippen LogP contribution in [0.4, 0.5) is 0 Å². The molecule has 168 valence electrons. The van der Waals surface area contributed by atoms with Gasteiger partial charge in [0, 0.05) is 0 Å². The Kier molecular flexibility index (Phi) is 9.47. The van der Waals surface area contributed by atoms with Gasteiger partial charge >= 0.3 is 37.7 Å². The minimum Gasteiger partial charge on any atom is -0.744 e. The summed E-state index contributed by atoms with van der Waals surface area (Å²) in [6.45, 7) is 3.99. The van der Waals surface area contributed by atoms with E-state index in [1.165, 1.54) is 12.1 Å². The van der Waals surface area contributed by atoms with Crippen LogP contribution in [0.3, 0.4) is 0 Å². The van der Waals surface area contributed by atoms with Crippen LogP contribution in [-0.2, 0) is 33.1 Å². The number of rotatable bonds is 4. The van der Waals surface area contributed by atoms with Crippen molar-refractivity contribution in [3.8, 4) is 0 Å². The summed E-state index contributed by atoms with van der Waals surface area (Å²) in [7, 11) is -8.81. The van der Waals surface area contributed by atoms with Crippen LogP contribution >= 0.6 is 0 Å². The molecule has 0 aliphatic rings. The molecule has 4 aromatic rings. The Morgan fingerprint density at radius 3 is 1.12 bits per heavy atom. The van der Waals surface area contributed by atoms with Crippen LogP contribution in [0.2, 0.25) is 0 Å². The first-order valence-electron chi connectivity index (χ1n) is 10.0. The van der Waals surface area contributed by atoms with Crippen molar-refractivity contribution in [2.24, 2.45) is 0 Å². The molecule has 0 aliphatic heterocycles. The largest absolute Gasteiger partial charge is 2.00 e. The van der Waals surface area contributed by atoms with Crippen LogP contribution < -0.4 is 0 Å². The Hall–Kier alpha value is -1.52. The molecule has 0 heterocycles. The zero-order valence-electron chi connectivity index (χ0n) is 18.3. The third-order valence-electron chi connectivity index (χ3n) is 5.25. The molecule has 0 radical (unpaired) electrons. The van der Waals surface area contributed by atoms with Gasteiger partial charge < -0.3 is 9.11 Å². The van der Waals surface area contributed by atoms with Crippen molar-refractivity contribution in [3.05, 3.63) is 83.9 Å². The van der Waals surface area contributed by atoms with E-state index in [1.807, 2.05) is 38.1 Å². The number of hydrogen-bond acceptors (Lipinski definition) is 6. The quantitative estimate of drug-likeness (QED) is 0.300. The molecule has 4 aromatic carbocycles. The van der Waals surface area contributed by atoms with Gasteiger partial charge in [0.1, 0.15) is 20.2 Å². The van der Waals surface area contributed by atoms with Crippen LogP contribution in [0, 0.1) is 0 Å². The first kappa shape index (κ1) is 27.7. The summed E-state index contributed by atoms with van der Waals surface area (Å²) >= 11 is 0. The molecule has 0 unspecified atom stereocenters. The second-order valence-corrected chi connectivity index (χ2v) is 9.85. The molecule has 33 heavy (non-hydrogen) atoms. The maximum absolute atomic E-state index is 11.1. The fraction of sp³-hybridized carbons (Fsp3) is 0.167. The Bertz CT molecular complexity index is 1380. The average Bonchev–Trinajstić information content (AvgIpc) is 2.76. The molecule has 0 N–H and O–H groups in total. The standard InChI is InChI=1S/2C12H12O3S.Ca/c2*1-2-9-7-8-12(16(13,14)15)11-6-4-3-5-10(9)11;/h2*3-8H,2H2,1H3,(H,13,14,15);/q;;+2/p-2. The maximum Gasteiger partial charge on any atom is 2.00 e. The molecule has 9 heteroatoms. The molecule has 0 saturated carbocycles. The van der Waals surface area contributed by atoms with Crippen molar-refractivity contribution in [2.75, 3.05) is 0 Å². The van der Waals surface area contributed by atoms with E-state index in [9.17, 15) is 25.9 Å². The van der Waals surface area contributed by atoms with Gasteiger partial charge in [-0.3, -0.25) is 0 Å². The van der Waals surface area contributed by atoms with Crippen molar-refractivity contribution in [2.45, 2.75) is 36.5 Å². The van der Waals surface area contributed by atoms with E-state index in [0.717, 1.165) is 34.7 Å². The number of benzene rings is 4. The second-order valence-electron chi connectivity index (χ2n) is 7.15. The Morgan fingerprint density at radius 1 is 0.545 bits per heavy atom. The summed E-state index contributed by atoms with van der Waals surface area (Å²) in [5, 5.41) is 2.69. The molecule has 0 bridgehead atoms. The molecule has 0 saturated heterocycles. The van der Waals surface area contributed by atoms with Crippen LogP contribution in [0.15, 0.2) is 82.6 Å². The van der Waals surface area contributed by atoms with Crippen molar-refractivity contribution < 1.29 is 25.9 Å². The van der Waals surface area contributed by atoms with Crippen LogP contribution in [0.1, 0.15) is 25.0 Å². The molecule has 4 rings (SSSR count). The molecular weight excluding hydrogens is 488 g/mol. The zero-order chi connectivity index (χ0) is 23.5. The average molecular weight is 511 g/mol. The first-order valence-corrected chi connectivity index (χ1v) is 12.8. The van der Waals surface area contributed by atoms with Crippen LogP contribution in [0.5, 0.6) is 0 Å². The van der Waals surface area contributed by atoms with Crippen molar-refractivity contribution in [1.82, 2.24) is 0 Å². The number of fused-ring (bicyclic) bond motifs is 2. The Labute approximate surface area is 224 Å². The normalized spacial score (nSPS) is 11.5. The summed E-state index contributed by atoms with van der Waals surface area (Å²) in [5.41, 5.74) is 2.09. The van der Waals surface area contributed by atoms with E-state index in [1.54, 1.807) is 36.4 Å². The van der Waals surface area contributed by atoms with Crippen LogP contribution in [-0.4, -0.2) is 63.7 Å². The fourth-order valence-electron chi connectivity index (χ4n) is 3.72. The molecule has 6 nitrogen and oxygen atoms in total.